The molecule has 1 heterocycles. The van der Waals surface area contributed by atoms with Crippen LogP contribution < -0.4 is 10.5 Å². The molecule has 1 fully saturated rings. The number of methoxy groups -OCH3 is 1. The fourth-order valence-corrected chi connectivity index (χ4v) is 2.22. The molecule has 0 unspecified atom stereocenters. The van der Waals surface area contributed by atoms with Crippen LogP contribution in [-0.4, -0.2) is 17.1 Å². The summed E-state index contributed by atoms with van der Waals surface area (Å²) >= 11 is 0. The van der Waals surface area contributed by atoms with Crippen molar-refractivity contribution in [3.63, 3.8) is 0 Å². The molecule has 0 aromatic carbocycles. The van der Waals surface area contributed by atoms with Gasteiger partial charge < -0.3 is 10.5 Å². The summed E-state index contributed by atoms with van der Waals surface area (Å²) in [5.74, 6) is 1.09. The first-order chi connectivity index (χ1) is 7.22. The molecule has 1 saturated carbocycles. The minimum Gasteiger partial charge on any atom is -0.467 e. The summed E-state index contributed by atoms with van der Waals surface area (Å²) in [7, 11) is 1.57. The maximum atomic E-state index is 5.83. The number of hydrogen-bond acceptors (Lipinski definition) is 4. The molecule has 1 aromatic heterocycles. The predicted octanol–water partition coefficient (Wildman–Crippen LogP) is 2.03. The Morgan fingerprint density at radius 1 is 1.27 bits per heavy atom. The van der Waals surface area contributed by atoms with Crippen molar-refractivity contribution >= 4 is 5.82 Å². The lowest BCUT2D eigenvalue weighted by molar-refractivity contribution is 0.377. The summed E-state index contributed by atoms with van der Waals surface area (Å²) in [6.45, 7) is 1.99. The van der Waals surface area contributed by atoms with Gasteiger partial charge in [0.15, 0.2) is 0 Å². The van der Waals surface area contributed by atoms with Crippen molar-refractivity contribution in [2.24, 2.45) is 0 Å². The van der Waals surface area contributed by atoms with Crippen molar-refractivity contribution in [2.75, 3.05) is 12.8 Å². The van der Waals surface area contributed by atoms with Gasteiger partial charge in [-0.2, -0.15) is 9.97 Å². The fraction of sp³-hybridized carbons (Fsp3) is 0.636. The third kappa shape index (κ3) is 1.89. The molecule has 0 atom stereocenters. The van der Waals surface area contributed by atoms with E-state index in [-0.39, 0.29) is 0 Å². The molecule has 1 aliphatic rings. The lowest BCUT2D eigenvalue weighted by Crippen LogP contribution is -2.07. The maximum absolute atomic E-state index is 5.83. The molecule has 0 spiro atoms. The van der Waals surface area contributed by atoms with Crippen molar-refractivity contribution in [1.82, 2.24) is 9.97 Å². The summed E-state index contributed by atoms with van der Waals surface area (Å²) in [6, 6.07) is 0.389. The van der Waals surface area contributed by atoms with E-state index in [0.29, 0.717) is 17.7 Å². The minimum absolute atomic E-state index is 0.389. The van der Waals surface area contributed by atoms with Crippen LogP contribution in [0.2, 0.25) is 0 Å². The molecule has 15 heavy (non-hydrogen) atoms. The zero-order valence-corrected chi connectivity index (χ0v) is 9.29. The van der Waals surface area contributed by atoms with E-state index < -0.39 is 0 Å². The predicted molar refractivity (Wildman–Crippen MR) is 58.9 cm³/mol. The molecule has 2 rings (SSSR count). The number of aromatic nitrogens is 2. The van der Waals surface area contributed by atoms with E-state index in [4.69, 9.17) is 10.5 Å². The highest BCUT2D eigenvalue weighted by molar-refractivity contribution is 5.43. The Hall–Kier alpha value is -1.32. The van der Waals surface area contributed by atoms with Gasteiger partial charge in [-0.3, -0.25) is 0 Å². The third-order valence-electron chi connectivity index (χ3n) is 3.13. The summed E-state index contributed by atoms with van der Waals surface area (Å²) in [6.07, 6.45) is 4.99. The highest BCUT2D eigenvalue weighted by atomic mass is 16.5. The summed E-state index contributed by atoms with van der Waals surface area (Å²) < 4.78 is 5.05. The molecule has 0 radical (unpaired) electrons. The van der Waals surface area contributed by atoms with E-state index in [1.165, 1.54) is 25.7 Å². The fourth-order valence-electron chi connectivity index (χ4n) is 2.22. The topological polar surface area (TPSA) is 61.0 Å². The van der Waals surface area contributed by atoms with Gasteiger partial charge in [-0.1, -0.05) is 12.8 Å². The number of rotatable bonds is 2. The monoisotopic (exact) mass is 207 g/mol. The van der Waals surface area contributed by atoms with E-state index in [0.717, 1.165) is 11.3 Å². The SMILES string of the molecule is COc1nc(N)c(C)c(C2CCCC2)n1. The van der Waals surface area contributed by atoms with Gasteiger partial charge in [0.05, 0.1) is 12.8 Å². The lowest BCUT2D eigenvalue weighted by Gasteiger charge is -2.13. The van der Waals surface area contributed by atoms with Crippen LogP contribution in [0.3, 0.4) is 0 Å². The van der Waals surface area contributed by atoms with Crippen LogP contribution in [0.5, 0.6) is 6.01 Å². The Kier molecular flexibility index (Phi) is 2.75. The van der Waals surface area contributed by atoms with Crippen LogP contribution in [-0.2, 0) is 0 Å². The Labute approximate surface area is 89.9 Å². The minimum atomic E-state index is 0.389. The van der Waals surface area contributed by atoms with Gasteiger partial charge in [0, 0.05) is 11.5 Å². The largest absolute Gasteiger partial charge is 0.467 e. The Morgan fingerprint density at radius 2 is 1.93 bits per heavy atom. The molecular formula is C11H17N3O. The molecule has 82 valence electrons. The molecule has 1 aliphatic carbocycles. The zero-order chi connectivity index (χ0) is 10.8. The van der Waals surface area contributed by atoms with Gasteiger partial charge in [-0.05, 0) is 19.8 Å². The van der Waals surface area contributed by atoms with Gasteiger partial charge in [0.25, 0.3) is 0 Å². The first-order valence-corrected chi connectivity index (χ1v) is 5.40. The van der Waals surface area contributed by atoms with Gasteiger partial charge >= 0.3 is 6.01 Å². The number of anilines is 1. The standard InChI is InChI=1S/C11H17N3O/c1-7-9(8-5-3-4-6-8)13-11(15-2)14-10(7)12/h8H,3-6H2,1-2H3,(H2,12,13,14). The summed E-state index contributed by atoms with van der Waals surface area (Å²) in [5, 5.41) is 0. The summed E-state index contributed by atoms with van der Waals surface area (Å²) in [4.78, 5) is 8.49. The van der Waals surface area contributed by atoms with Crippen LogP contribution in [0.25, 0.3) is 0 Å². The first kappa shape index (κ1) is 10.2. The molecule has 0 saturated heterocycles. The molecule has 0 amide bonds. The number of hydrogen-bond donors (Lipinski definition) is 1. The highest BCUT2D eigenvalue weighted by Gasteiger charge is 2.22. The van der Waals surface area contributed by atoms with Crippen molar-refractivity contribution in [3.8, 4) is 6.01 Å². The zero-order valence-electron chi connectivity index (χ0n) is 9.29. The van der Waals surface area contributed by atoms with Crippen LogP contribution >= 0.6 is 0 Å². The van der Waals surface area contributed by atoms with Gasteiger partial charge in [-0.15, -0.1) is 0 Å². The van der Waals surface area contributed by atoms with E-state index in [2.05, 4.69) is 9.97 Å². The summed E-state index contributed by atoms with van der Waals surface area (Å²) in [5.41, 5.74) is 7.93. The molecule has 0 bridgehead atoms. The maximum Gasteiger partial charge on any atom is 0.318 e. The molecule has 1 aromatic rings. The number of nitrogens with zero attached hydrogens (tertiary/aromatic N) is 2. The second kappa shape index (κ2) is 4.04. The third-order valence-corrected chi connectivity index (χ3v) is 3.13. The molecule has 4 heteroatoms. The average molecular weight is 207 g/mol. The smallest absolute Gasteiger partial charge is 0.318 e. The molecule has 4 nitrogen and oxygen atoms in total. The van der Waals surface area contributed by atoms with Crippen molar-refractivity contribution in [3.05, 3.63) is 11.3 Å². The molecular weight excluding hydrogens is 190 g/mol. The Bertz CT molecular complexity index is 359. The first-order valence-electron chi connectivity index (χ1n) is 5.40. The van der Waals surface area contributed by atoms with Crippen LogP contribution in [0.1, 0.15) is 42.9 Å². The normalized spacial score (nSPS) is 16.9. The Balaban J connectivity index is 2.39. The van der Waals surface area contributed by atoms with Gasteiger partial charge in [0.2, 0.25) is 0 Å². The van der Waals surface area contributed by atoms with Crippen molar-refractivity contribution in [2.45, 2.75) is 38.5 Å². The van der Waals surface area contributed by atoms with E-state index in [1.807, 2.05) is 6.92 Å². The van der Waals surface area contributed by atoms with Crippen LogP contribution in [0.4, 0.5) is 5.82 Å². The van der Waals surface area contributed by atoms with Gasteiger partial charge in [-0.25, -0.2) is 0 Å². The molecule has 2 N–H and O–H groups in total. The lowest BCUT2D eigenvalue weighted by atomic mass is 10.00. The van der Waals surface area contributed by atoms with Crippen LogP contribution in [0.15, 0.2) is 0 Å². The quantitative estimate of drug-likeness (QED) is 0.806. The van der Waals surface area contributed by atoms with E-state index in [9.17, 15) is 0 Å². The second-order valence-corrected chi connectivity index (χ2v) is 4.09. The molecule has 0 aliphatic heterocycles. The number of nitrogens with two attached hydrogens (primary N) is 1. The number of ether oxygens (including phenoxy) is 1. The van der Waals surface area contributed by atoms with E-state index in [1.54, 1.807) is 7.11 Å². The number of nitrogen functional groups attached to an aromatic ring is 1. The van der Waals surface area contributed by atoms with Gasteiger partial charge in [0.1, 0.15) is 5.82 Å². The highest BCUT2D eigenvalue weighted by Crippen LogP contribution is 2.36. The second-order valence-electron chi connectivity index (χ2n) is 4.09. The van der Waals surface area contributed by atoms with Crippen LogP contribution in [0, 0.1) is 6.92 Å². The Morgan fingerprint density at radius 3 is 2.53 bits per heavy atom. The average Bonchev–Trinajstić information content (AvgIpc) is 2.75. The van der Waals surface area contributed by atoms with E-state index >= 15 is 0 Å². The van der Waals surface area contributed by atoms with Crippen molar-refractivity contribution in [1.29, 1.82) is 0 Å². The van der Waals surface area contributed by atoms with Crippen molar-refractivity contribution < 1.29 is 4.74 Å².